The lowest BCUT2D eigenvalue weighted by Crippen LogP contribution is -2.21. The summed E-state index contributed by atoms with van der Waals surface area (Å²) < 4.78 is 5.45. The van der Waals surface area contributed by atoms with E-state index in [-0.39, 0.29) is 11.6 Å². The van der Waals surface area contributed by atoms with Gasteiger partial charge in [-0.05, 0) is 35.2 Å². The molecular formula is C23H16O3. The van der Waals surface area contributed by atoms with E-state index in [1.807, 2.05) is 48.5 Å². The number of methoxy groups -OCH3 is 1. The standard InChI is InChI=1S/C23H16O3/c1-26-21-8-4-7-17-20(21)11-15-10-14-9-13-5-2-3-6-16(13)22(24)18(14)12-19(15)23(17)25/h2-8,10,12H,9,11H2,1H3. The Balaban J connectivity index is 1.68. The van der Waals surface area contributed by atoms with E-state index in [0.717, 1.165) is 40.0 Å². The van der Waals surface area contributed by atoms with Gasteiger partial charge in [-0.2, -0.15) is 0 Å². The molecule has 0 bridgehead atoms. The van der Waals surface area contributed by atoms with Crippen LogP contribution in [0.3, 0.4) is 0 Å². The third-order valence-corrected chi connectivity index (χ3v) is 5.43. The van der Waals surface area contributed by atoms with Gasteiger partial charge < -0.3 is 4.74 Å². The van der Waals surface area contributed by atoms with Gasteiger partial charge in [0, 0.05) is 34.2 Å². The van der Waals surface area contributed by atoms with E-state index >= 15 is 0 Å². The second-order valence-electron chi connectivity index (χ2n) is 6.82. The normalized spacial score (nSPS) is 14.2. The van der Waals surface area contributed by atoms with Crippen LogP contribution in [0.25, 0.3) is 0 Å². The van der Waals surface area contributed by atoms with Crippen LogP contribution in [0.2, 0.25) is 0 Å². The Morgan fingerprint density at radius 3 is 2.19 bits per heavy atom. The first-order valence-electron chi connectivity index (χ1n) is 8.66. The highest BCUT2D eigenvalue weighted by atomic mass is 16.5. The van der Waals surface area contributed by atoms with Crippen LogP contribution in [0.5, 0.6) is 5.75 Å². The minimum absolute atomic E-state index is 0.00823. The lowest BCUT2D eigenvalue weighted by molar-refractivity contribution is 0.103. The molecule has 0 aromatic heterocycles. The molecule has 0 fully saturated rings. The van der Waals surface area contributed by atoms with Crippen LogP contribution in [-0.4, -0.2) is 18.7 Å². The quantitative estimate of drug-likeness (QED) is 0.464. The number of rotatable bonds is 1. The van der Waals surface area contributed by atoms with Gasteiger partial charge in [0.05, 0.1) is 7.11 Å². The fraction of sp³-hybridized carbons (Fsp3) is 0.130. The summed E-state index contributed by atoms with van der Waals surface area (Å²) in [5.41, 5.74) is 6.64. The van der Waals surface area contributed by atoms with Crippen LogP contribution in [0.4, 0.5) is 0 Å². The molecule has 0 N–H and O–H groups in total. The zero-order valence-electron chi connectivity index (χ0n) is 14.3. The van der Waals surface area contributed by atoms with Crippen molar-refractivity contribution in [2.45, 2.75) is 12.8 Å². The Morgan fingerprint density at radius 2 is 1.38 bits per heavy atom. The molecule has 3 aromatic rings. The third kappa shape index (κ3) is 2.00. The molecule has 3 heteroatoms. The summed E-state index contributed by atoms with van der Waals surface area (Å²) in [6.45, 7) is 0. The van der Waals surface area contributed by atoms with Crippen LogP contribution >= 0.6 is 0 Å². The second-order valence-corrected chi connectivity index (χ2v) is 6.82. The van der Waals surface area contributed by atoms with Crippen molar-refractivity contribution in [3.63, 3.8) is 0 Å². The molecule has 0 unspecified atom stereocenters. The molecule has 5 rings (SSSR count). The van der Waals surface area contributed by atoms with E-state index in [1.165, 1.54) is 0 Å². The average molecular weight is 340 g/mol. The predicted molar refractivity (Wildman–Crippen MR) is 98.4 cm³/mol. The Labute approximate surface area is 151 Å². The molecule has 0 spiro atoms. The monoisotopic (exact) mass is 340 g/mol. The fourth-order valence-electron chi connectivity index (χ4n) is 4.14. The topological polar surface area (TPSA) is 43.4 Å². The van der Waals surface area contributed by atoms with Crippen molar-refractivity contribution < 1.29 is 14.3 Å². The summed E-state index contributed by atoms with van der Waals surface area (Å²) in [4.78, 5) is 26.0. The van der Waals surface area contributed by atoms with Crippen LogP contribution in [-0.2, 0) is 12.8 Å². The second kappa shape index (κ2) is 5.40. The summed E-state index contributed by atoms with van der Waals surface area (Å²) in [5.74, 6) is 0.712. The summed E-state index contributed by atoms with van der Waals surface area (Å²) in [6, 6.07) is 17.1. The molecule has 0 heterocycles. The molecule has 0 atom stereocenters. The smallest absolute Gasteiger partial charge is 0.193 e. The Hall–Kier alpha value is -3.20. The van der Waals surface area contributed by atoms with Gasteiger partial charge in [-0.25, -0.2) is 0 Å². The largest absolute Gasteiger partial charge is 0.496 e. The minimum atomic E-state index is -0.0328. The molecule has 0 saturated heterocycles. The summed E-state index contributed by atoms with van der Waals surface area (Å²) in [5, 5.41) is 0. The Kier molecular flexibility index (Phi) is 3.13. The van der Waals surface area contributed by atoms with Gasteiger partial charge in [0.25, 0.3) is 0 Å². The van der Waals surface area contributed by atoms with Crippen LogP contribution in [0.15, 0.2) is 54.6 Å². The molecule has 2 aliphatic carbocycles. The molecule has 3 aromatic carbocycles. The lowest BCUT2D eigenvalue weighted by atomic mass is 9.78. The average Bonchev–Trinajstić information content (AvgIpc) is 2.67. The van der Waals surface area contributed by atoms with Gasteiger partial charge in [0.1, 0.15) is 5.75 Å². The highest BCUT2D eigenvalue weighted by molar-refractivity contribution is 6.17. The van der Waals surface area contributed by atoms with E-state index in [4.69, 9.17) is 4.74 Å². The molecule has 0 radical (unpaired) electrons. The third-order valence-electron chi connectivity index (χ3n) is 5.43. The fourth-order valence-corrected chi connectivity index (χ4v) is 4.14. The van der Waals surface area contributed by atoms with Gasteiger partial charge in [-0.15, -0.1) is 0 Å². The number of hydrogen-bond acceptors (Lipinski definition) is 3. The molecule has 0 saturated carbocycles. The van der Waals surface area contributed by atoms with E-state index in [2.05, 4.69) is 0 Å². The Morgan fingerprint density at radius 1 is 0.692 bits per heavy atom. The van der Waals surface area contributed by atoms with Crippen molar-refractivity contribution >= 4 is 11.6 Å². The molecule has 0 amide bonds. The Bertz CT molecular complexity index is 1110. The van der Waals surface area contributed by atoms with Crippen molar-refractivity contribution in [2.75, 3.05) is 7.11 Å². The number of carbonyl (C=O) groups is 2. The number of ether oxygens (including phenoxy) is 1. The van der Waals surface area contributed by atoms with Crippen LogP contribution in [0.1, 0.15) is 54.1 Å². The van der Waals surface area contributed by atoms with Crippen LogP contribution < -0.4 is 4.74 Å². The van der Waals surface area contributed by atoms with Gasteiger partial charge >= 0.3 is 0 Å². The van der Waals surface area contributed by atoms with Crippen molar-refractivity contribution in [1.29, 1.82) is 0 Å². The number of fused-ring (bicyclic) bond motifs is 4. The molecule has 2 aliphatic rings. The van der Waals surface area contributed by atoms with Gasteiger partial charge in [-0.1, -0.05) is 42.5 Å². The number of carbonyl (C=O) groups excluding carboxylic acids is 2. The van der Waals surface area contributed by atoms with E-state index < -0.39 is 0 Å². The maximum absolute atomic E-state index is 13.0. The van der Waals surface area contributed by atoms with Crippen molar-refractivity contribution in [3.8, 4) is 5.75 Å². The molecule has 126 valence electrons. The van der Waals surface area contributed by atoms with E-state index in [1.54, 1.807) is 13.2 Å². The molecular weight excluding hydrogens is 324 g/mol. The van der Waals surface area contributed by atoms with Crippen molar-refractivity contribution in [2.24, 2.45) is 0 Å². The van der Waals surface area contributed by atoms with E-state index in [9.17, 15) is 9.59 Å². The molecule has 26 heavy (non-hydrogen) atoms. The predicted octanol–water partition coefficient (Wildman–Crippen LogP) is 3.97. The first-order valence-corrected chi connectivity index (χ1v) is 8.66. The van der Waals surface area contributed by atoms with Gasteiger partial charge in [0.15, 0.2) is 11.6 Å². The molecule has 3 nitrogen and oxygen atoms in total. The maximum Gasteiger partial charge on any atom is 0.193 e. The van der Waals surface area contributed by atoms with Crippen molar-refractivity contribution in [1.82, 2.24) is 0 Å². The van der Waals surface area contributed by atoms with Gasteiger partial charge in [0.2, 0.25) is 0 Å². The van der Waals surface area contributed by atoms with Crippen molar-refractivity contribution in [3.05, 3.63) is 99.1 Å². The molecule has 0 aliphatic heterocycles. The SMILES string of the molecule is COc1cccc2c1Cc1cc3c(cc1C2=O)C(=O)c1ccccc1C3. The zero-order valence-corrected chi connectivity index (χ0v) is 14.3. The van der Waals surface area contributed by atoms with Crippen LogP contribution in [0, 0.1) is 0 Å². The number of hydrogen-bond donors (Lipinski definition) is 0. The first-order chi connectivity index (χ1) is 12.7. The maximum atomic E-state index is 13.0. The zero-order chi connectivity index (χ0) is 17.8. The summed E-state index contributed by atoms with van der Waals surface area (Å²) in [6.07, 6.45) is 1.36. The lowest BCUT2D eigenvalue weighted by Gasteiger charge is -2.25. The highest BCUT2D eigenvalue weighted by Crippen LogP contribution is 2.36. The number of benzene rings is 3. The highest BCUT2D eigenvalue weighted by Gasteiger charge is 2.30. The summed E-state index contributed by atoms with van der Waals surface area (Å²) >= 11 is 0. The van der Waals surface area contributed by atoms with E-state index in [0.29, 0.717) is 23.1 Å². The first kappa shape index (κ1) is 15.1. The summed E-state index contributed by atoms with van der Waals surface area (Å²) in [7, 11) is 1.62. The van der Waals surface area contributed by atoms with Gasteiger partial charge in [-0.3, -0.25) is 9.59 Å². The minimum Gasteiger partial charge on any atom is -0.496 e. The number of ketones is 2.